The van der Waals surface area contributed by atoms with Gasteiger partial charge in [0.25, 0.3) is 5.91 Å². The summed E-state index contributed by atoms with van der Waals surface area (Å²) in [6.07, 6.45) is 2.20. The lowest BCUT2D eigenvalue weighted by Crippen LogP contribution is -2.34. The summed E-state index contributed by atoms with van der Waals surface area (Å²) in [5.74, 6) is -0.251. The molecule has 3 rings (SSSR count). The molecule has 0 spiro atoms. The number of carbonyl (C=O) groups excluding carboxylic acids is 2. The summed E-state index contributed by atoms with van der Waals surface area (Å²) in [7, 11) is 0. The number of urea groups is 1. The topological polar surface area (TPSA) is 71.1 Å². The summed E-state index contributed by atoms with van der Waals surface area (Å²) in [5.41, 5.74) is 1.72. The molecule has 124 valence electrons. The molecule has 0 aliphatic heterocycles. The molecule has 1 heterocycles. The highest BCUT2D eigenvalue weighted by Gasteiger charge is 2.26. The van der Waals surface area contributed by atoms with Crippen molar-refractivity contribution < 1.29 is 9.59 Å². The molecule has 1 saturated carbocycles. The van der Waals surface area contributed by atoms with Gasteiger partial charge in [-0.2, -0.15) is 0 Å². The van der Waals surface area contributed by atoms with Crippen LogP contribution in [0.4, 0.5) is 10.5 Å². The summed E-state index contributed by atoms with van der Waals surface area (Å²) < 4.78 is 0. The van der Waals surface area contributed by atoms with E-state index in [1.165, 1.54) is 6.07 Å². The van der Waals surface area contributed by atoms with Crippen LogP contribution < -0.4 is 10.6 Å². The number of para-hydroxylation sites is 1. The maximum absolute atomic E-state index is 12.2. The van der Waals surface area contributed by atoms with Crippen LogP contribution in [-0.2, 0) is 0 Å². The molecule has 1 aliphatic carbocycles. The second-order valence-electron chi connectivity index (χ2n) is 5.37. The predicted molar refractivity (Wildman–Crippen MR) is 94.2 cm³/mol. The van der Waals surface area contributed by atoms with Crippen molar-refractivity contribution in [2.75, 3.05) is 5.32 Å². The number of anilines is 1. The van der Waals surface area contributed by atoms with E-state index in [0.717, 1.165) is 18.4 Å². The number of hydrogen-bond donors (Lipinski definition) is 2. The van der Waals surface area contributed by atoms with Crippen LogP contribution in [0.2, 0.25) is 15.3 Å². The maximum Gasteiger partial charge on any atom is 0.326 e. The Kier molecular flexibility index (Phi) is 4.94. The number of benzene rings is 1. The van der Waals surface area contributed by atoms with Crippen LogP contribution in [0.15, 0.2) is 30.3 Å². The molecule has 0 radical (unpaired) electrons. The number of hydrogen-bond acceptors (Lipinski definition) is 3. The summed E-state index contributed by atoms with van der Waals surface area (Å²) >= 11 is 17.4. The lowest BCUT2D eigenvalue weighted by atomic mass is 10.1. The molecular formula is C16H12Cl3N3O2. The first kappa shape index (κ1) is 17.0. The van der Waals surface area contributed by atoms with Crippen LogP contribution in [0.1, 0.15) is 34.7 Å². The minimum atomic E-state index is -0.715. The molecule has 5 nitrogen and oxygen atoms in total. The Balaban J connectivity index is 1.71. The quantitative estimate of drug-likeness (QED) is 0.741. The zero-order valence-electron chi connectivity index (χ0n) is 12.3. The van der Waals surface area contributed by atoms with Crippen molar-refractivity contribution in [3.05, 3.63) is 56.8 Å². The minimum Gasteiger partial charge on any atom is -0.307 e. The van der Waals surface area contributed by atoms with Gasteiger partial charge in [0, 0.05) is 5.69 Å². The summed E-state index contributed by atoms with van der Waals surface area (Å²) in [5, 5.41) is 4.82. The van der Waals surface area contributed by atoms with E-state index in [2.05, 4.69) is 15.6 Å². The summed E-state index contributed by atoms with van der Waals surface area (Å²) in [6.45, 7) is 0. The van der Waals surface area contributed by atoms with Gasteiger partial charge in [0.15, 0.2) is 0 Å². The van der Waals surface area contributed by atoms with Gasteiger partial charge in [0.05, 0.1) is 10.6 Å². The van der Waals surface area contributed by atoms with E-state index in [4.69, 9.17) is 34.8 Å². The number of nitrogens with zero attached hydrogens (tertiary/aromatic N) is 1. The zero-order chi connectivity index (χ0) is 17.3. The average molecular weight is 385 g/mol. The van der Waals surface area contributed by atoms with Crippen LogP contribution in [0.3, 0.4) is 0 Å². The van der Waals surface area contributed by atoms with E-state index < -0.39 is 11.9 Å². The first-order chi connectivity index (χ1) is 11.5. The lowest BCUT2D eigenvalue weighted by molar-refractivity contribution is 0.0967. The number of rotatable bonds is 3. The van der Waals surface area contributed by atoms with E-state index in [1.54, 1.807) is 6.07 Å². The summed E-state index contributed by atoms with van der Waals surface area (Å²) in [4.78, 5) is 28.0. The van der Waals surface area contributed by atoms with Crippen molar-refractivity contribution >= 4 is 52.4 Å². The SMILES string of the molecule is O=C(NC(=O)c1cc(Cl)c(Cl)nc1Cl)Nc1ccccc1C1CC1. The first-order valence-corrected chi connectivity index (χ1v) is 8.32. The third-order valence-corrected chi connectivity index (χ3v) is 4.55. The number of aromatic nitrogens is 1. The number of imide groups is 1. The van der Waals surface area contributed by atoms with E-state index in [1.807, 2.05) is 18.2 Å². The molecule has 1 fully saturated rings. The molecule has 2 N–H and O–H groups in total. The van der Waals surface area contributed by atoms with Gasteiger partial charge < -0.3 is 5.32 Å². The predicted octanol–water partition coefficient (Wildman–Crippen LogP) is 4.88. The highest BCUT2D eigenvalue weighted by Crippen LogP contribution is 2.43. The van der Waals surface area contributed by atoms with Gasteiger partial charge in [-0.3, -0.25) is 10.1 Å². The normalized spacial score (nSPS) is 13.5. The van der Waals surface area contributed by atoms with Gasteiger partial charge in [-0.05, 0) is 36.5 Å². The zero-order valence-corrected chi connectivity index (χ0v) is 14.5. The Hall–Kier alpha value is -1.82. The second-order valence-corrected chi connectivity index (χ2v) is 6.49. The van der Waals surface area contributed by atoms with Gasteiger partial charge >= 0.3 is 6.03 Å². The first-order valence-electron chi connectivity index (χ1n) is 7.18. The fourth-order valence-electron chi connectivity index (χ4n) is 2.29. The second kappa shape index (κ2) is 6.97. The fraction of sp³-hybridized carbons (Fsp3) is 0.188. The van der Waals surface area contributed by atoms with Crippen molar-refractivity contribution in [3.63, 3.8) is 0 Å². The number of amides is 3. The highest BCUT2D eigenvalue weighted by atomic mass is 35.5. The van der Waals surface area contributed by atoms with Crippen LogP contribution >= 0.6 is 34.8 Å². The van der Waals surface area contributed by atoms with Crippen molar-refractivity contribution in [3.8, 4) is 0 Å². The average Bonchev–Trinajstić information content (AvgIpc) is 3.36. The molecule has 0 unspecified atom stereocenters. The molecule has 0 atom stereocenters. The third kappa shape index (κ3) is 3.80. The molecule has 24 heavy (non-hydrogen) atoms. The number of pyridine rings is 1. The largest absolute Gasteiger partial charge is 0.326 e. The van der Waals surface area contributed by atoms with Crippen LogP contribution in [0, 0.1) is 0 Å². The van der Waals surface area contributed by atoms with Gasteiger partial charge in [0.2, 0.25) is 0 Å². The molecule has 2 aromatic rings. The highest BCUT2D eigenvalue weighted by molar-refractivity contribution is 6.42. The third-order valence-electron chi connectivity index (χ3n) is 3.58. The van der Waals surface area contributed by atoms with Crippen LogP contribution in [-0.4, -0.2) is 16.9 Å². The van der Waals surface area contributed by atoms with Gasteiger partial charge in [0.1, 0.15) is 10.3 Å². The molecule has 1 aliphatic rings. The van der Waals surface area contributed by atoms with Gasteiger partial charge in [-0.1, -0.05) is 53.0 Å². The maximum atomic E-state index is 12.2. The van der Waals surface area contributed by atoms with Gasteiger partial charge in [-0.25, -0.2) is 9.78 Å². The molecule has 8 heteroatoms. The van der Waals surface area contributed by atoms with Gasteiger partial charge in [-0.15, -0.1) is 0 Å². The Morgan fingerprint density at radius 1 is 1.08 bits per heavy atom. The number of carbonyl (C=O) groups is 2. The Bertz CT molecular complexity index is 822. The summed E-state index contributed by atoms with van der Waals surface area (Å²) in [6, 6.07) is 8.11. The lowest BCUT2D eigenvalue weighted by Gasteiger charge is -2.11. The molecular weight excluding hydrogens is 373 g/mol. The number of nitrogens with one attached hydrogen (secondary N) is 2. The Morgan fingerprint density at radius 3 is 2.50 bits per heavy atom. The molecule has 0 saturated heterocycles. The molecule has 1 aromatic heterocycles. The van der Waals surface area contributed by atoms with Crippen LogP contribution in [0.5, 0.6) is 0 Å². The van der Waals surface area contributed by atoms with E-state index >= 15 is 0 Å². The van der Waals surface area contributed by atoms with Crippen molar-refractivity contribution in [2.45, 2.75) is 18.8 Å². The smallest absolute Gasteiger partial charge is 0.307 e. The van der Waals surface area contributed by atoms with E-state index in [-0.39, 0.29) is 20.9 Å². The van der Waals surface area contributed by atoms with Crippen molar-refractivity contribution in [1.82, 2.24) is 10.3 Å². The number of halogens is 3. The minimum absolute atomic E-state index is 0.0129. The molecule has 1 aromatic carbocycles. The Labute approximate surface area is 153 Å². The van der Waals surface area contributed by atoms with Crippen LogP contribution in [0.25, 0.3) is 0 Å². The van der Waals surface area contributed by atoms with Crippen molar-refractivity contribution in [1.29, 1.82) is 0 Å². The van der Waals surface area contributed by atoms with Crippen molar-refractivity contribution in [2.24, 2.45) is 0 Å². The molecule has 0 bridgehead atoms. The monoisotopic (exact) mass is 383 g/mol. The van der Waals surface area contributed by atoms with E-state index in [9.17, 15) is 9.59 Å². The molecule has 3 amide bonds. The Morgan fingerprint density at radius 2 is 1.79 bits per heavy atom. The standard InChI is InChI=1S/C16H12Cl3N3O2/c17-11-7-10(13(18)21-14(11)19)15(23)22-16(24)20-12-4-2-1-3-9(12)8-5-6-8/h1-4,7-8H,5-6H2,(H2,20,22,23,24). The fourth-order valence-corrected chi connectivity index (χ4v) is 2.85. The van der Waals surface area contributed by atoms with E-state index in [0.29, 0.717) is 11.6 Å².